The number of benzene rings is 1. The molecule has 1 aromatic carbocycles. The highest BCUT2D eigenvalue weighted by atomic mass is 32.2. The molecular weight excluding hydrogens is 278 g/mol. The van der Waals surface area contributed by atoms with Crippen LogP contribution in [0.2, 0.25) is 0 Å². The number of nitrogens with two attached hydrogens (primary N) is 1. The summed E-state index contributed by atoms with van der Waals surface area (Å²) in [5.74, 6) is 0. The van der Waals surface area contributed by atoms with Gasteiger partial charge in [-0.2, -0.15) is 4.31 Å². The quantitative estimate of drug-likeness (QED) is 0.757. The number of sulfonamides is 1. The number of β-amino-alcohol motifs (C(OH)–C–C–N with tert-alkyl or cyclic N) is 1. The Morgan fingerprint density at radius 3 is 2.40 bits per heavy atom. The average Bonchev–Trinajstić information content (AvgIpc) is 2.38. The van der Waals surface area contributed by atoms with E-state index >= 15 is 0 Å². The maximum absolute atomic E-state index is 11.4. The molecule has 0 aliphatic carbocycles. The van der Waals surface area contributed by atoms with Crippen molar-refractivity contribution in [2.75, 3.05) is 44.7 Å². The zero-order chi connectivity index (χ0) is 14.8. The zero-order valence-corrected chi connectivity index (χ0v) is 12.4. The minimum atomic E-state index is -3.11. The molecular formula is C13H21N3O3S. The third-order valence-electron chi connectivity index (χ3n) is 3.59. The average molecular weight is 299 g/mol. The highest BCUT2D eigenvalue weighted by Gasteiger charge is 2.25. The normalized spacial score (nSPS) is 19.9. The van der Waals surface area contributed by atoms with Crippen molar-refractivity contribution in [2.24, 2.45) is 0 Å². The fraction of sp³-hybridized carbons (Fsp3) is 0.538. The fourth-order valence-corrected chi connectivity index (χ4v) is 3.23. The molecule has 0 radical (unpaired) electrons. The summed E-state index contributed by atoms with van der Waals surface area (Å²) in [5, 5.41) is 10.2. The SMILES string of the molecule is CS(=O)(=O)N1CCN(CC(O)c2ccccc2N)CC1. The number of aliphatic hydroxyl groups is 1. The van der Waals surface area contributed by atoms with Crippen LogP contribution in [0.5, 0.6) is 0 Å². The van der Waals surface area contributed by atoms with E-state index in [0.717, 1.165) is 5.56 Å². The van der Waals surface area contributed by atoms with Gasteiger partial charge in [0.25, 0.3) is 0 Å². The summed E-state index contributed by atoms with van der Waals surface area (Å²) in [6, 6.07) is 7.25. The number of rotatable bonds is 4. The first-order chi connectivity index (χ1) is 9.38. The van der Waals surface area contributed by atoms with Crippen LogP contribution >= 0.6 is 0 Å². The minimum Gasteiger partial charge on any atom is -0.398 e. The Labute approximate surface area is 119 Å². The number of anilines is 1. The molecule has 0 spiro atoms. The number of para-hydroxylation sites is 1. The van der Waals surface area contributed by atoms with E-state index in [1.807, 2.05) is 18.2 Å². The minimum absolute atomic E-state index is 0.464. The first kappa shape index (κ1) is 15.2. The van der Waals surface area contributed by atoms with Gasteiger partial charge in [-0.3, -0.25) is 4.90 Å². The molecule has 1 aromatic rings. The smallest absolute Gasteiger partial charge is 0.211 e. The maximum Gasteiger partial charge on any atom is 0.211 e. The molecule has 20 heavy (non-hydrogen) atoms. The highest BCUT2D eigenvalue weighted by molar-refractivity contribution is 7.88. The lowest BCUT2D eigenvalue weighted by Crippen LogP contribution is -2.49. The van der Waals surface area contributed by atoms with Crippen molar-refractivity contribution < 1.29 is 13.5 Å². The summed E-state index contributed by atoms with van der Waals surface area (Å²) in [6.07, 6.45) is 0.573. The molecule has 6 nitrogen and oxygen atoms in total. The molecule has 1 aliphatic rings. The van der Waals surface area contributed by atoms with Gasteiger partial charge in [0.1, 0.15) is 0 Å². The van der Waals surface area contributed by atoms with Gasteiger partial charge in [0.2, 0.25) is 10.0 Å². The number of hydrogen-bond donors (Lipinski definition) is 2. The Bertz CT molecular complexity index is 554. The van der Waals surface area contributed by atoms with E-state index in [9.17, 15) is 13.5 Å². The van der Waals surface area contributed by atoms with Gasteiger partial charge in [0.15, 0.2) is 0 Å². The number of hydrogen-bond acceptors (Lipinski definition) is 5. The third kappa shape index (κ3) is 3.69. The first-order valence-electron chi connectivity index (χ1n) is 6.58. The predicted molar refractivity (Wildman–Crippen MR) is 78.7 cm³/mol. The number of piperazine rings is 1. The van der Waals surface area contributed by atoms with Crippen LogP contribution in [-0.4, -0.2) is 61.7 Å². The Hall–Kier alpha value is -1.15. The molecule has 0 bridgehead atoms. The Kier molecular flexibility index (Phi) is 4.64. The lowest BCUT2D eigenvalue weighted by atomic mass is 10.1. The van der Waals surface area contributed by atoms with Crippen molar-refractivity contribution in [2.45, 2.75) is 6.10 Å². The molecule has 1 heterocycles. The molecule has 1 aliphatic heterocycles. The monoisotopic (exact) mass is 299 g/mol. The van der Waals surface area contributed by atoms with E-state index in [4.69, 9.17) is 5.73 Å². The topological polar surface area (TPSA) is 86.9 Å². The summed E-state index contributed by atoms with van der Waals surface area (Å²) in [4.78, 5) is 2.05. The molecule has 1 fully saturated rings. The van der Waals surface area contributed by atoms with Gasteiger partial charge in [-0.15, -0.1) is 0 Å². The molecule has 3 N–H and O–H groups in total. The second kappa shape index (κ2) is 6.09. The van der Waals surface area contributed by atoms with Crippen molar-refractivity contribution >= 4 is 15.7 Å². The van der Waals surface area contributed by atoms with E-state index < -0.39 is 16.1 Å². The predicted octanol–water partition coefficient (Wildman–Crippen LogP) is -0.121. The molecule has 0 aromatic heterocycles. The second-order valence-electron chi connectivity index (χ2n) is 5.11. The highest BCUT2D eigenvalue weighted by Crippen LogP contribution is 2.21. The second-order valence-corrected chi connectivity index (χ2v) is 7.09. The van der Waals surface area contributed by atoms with Crippen LogP contribution in [0, 0.1) is 0 Å². The van der Waals surface area contributed by atoms with E-state index in [-0.39, 0.29) is 0 Å². The van der Waals surface area contributed by atoms with Crippen LogP contribution < -0.4 is 5.73 Å². The lowest BCUT2D eigenvalue weighted by molar-refractivity contribution is 0.0927. The van der Waals surface area contributed by atoms with Crippen molar-refractivity contribution in [3.05, 3.63) is 29.8 Å². The van der Waals surface area contributed by atoms with Crippen LogP contribution in [0.4, 0.5) is 5.69 Å². The first-order valence-corrected chi connectivity index (χ1v) is 8.42. The molecule has 7 heteroatoms. The molecule has 2 rings (SSSR count). The van der Waals surface area contributed by atoms with Gasteiger partial charge in [-0.1, -0.05) is 18.2 Å². The van der Waals surface area contributed by atoms with Crippen LogP contribution in [0.15, 0.2) is 24.3 Å². The van der Waals surface area contributed by atoms with Gasteiger partial charge in [-0.05, 0) is 6.07 Å². The van der Waals surface area contributed by atoms with Gasteiger partial charge < -0.3 is 10.8 Å². The molecule has 1 unspecified atom stereocenters. The molecule has 1 saturated heterocycles. The van der Waals surface area contributed by atoms with E-state index in [2.05, 4.69) is 4.90 Å². The van der Waals surface area contributed by atoms with Crippen LogP contribution in [-0.2, 0) is 10.0 Å². The third-order valence-corrected chi connectivity index (χ3v) is 4.89. The van der Waals surface area contributed by atoms with Crippen LogP contribution in [0.3, 0.4) is 0 Å². The fourth-order valence-electron chi connectivity index (χ4n) is 2.40. The van der Waals surface area contributed by atoms with Crippen LogP contribution in [0.25, 0.3) is 0 Å². The van der Waals surface area contributed by atoms with Gasteiger partial charge in [0.05, 0.1) is 12.4 Å². The molecule has 1 atom stereocenters. The van der Waals surface area contributed by atoms with Gasteiger partial charge in [-0.25, -0.2) is 8.42 Å². The standard InChI is InChI=1S/C13H21N3O3S/c1-20(18,19)16-8-6-15(7-9-16)10-13(17)11-4-2-3-5-12(11)14/h2-5,13,17H,6-10,14H2,1H3. The van der Waals surface area contributed by atoms with E-state index in [0.29, 0.717) is 38.4 Å². The van der Waals surface area contributed by atoms with Crippen molar-refractivity contribution in [3.63, 3.8) is 0 Å². The summed E-state index contributed by atoms with van der Waals surface area (Å²) in [5.41, 5.74) is 7.14. The Morgan fingerprint density at radius 2 is 1.85 bits per heavy atom. The van der Waals surface area contributed by atoms with Crippen molar-refractivity contribution in [3.8, 4) is 0 Å². The largest absolute Gasteiger partial charge is 0.398 e. The molecule has 112 valence electrons. The summed E-state index contributed by atoms with van der Waals surface area (Å²) in [6.45, 7) is 2.64. The lowest BCUT2D eigenvalue weighted by Gasteiger charge is -2.34. The number of nitrogen functional groups attached to an aromatic ring is 1. The van der Waals surface area contributed by atoms with Gasteiger partial charge >= 0.3 is 0 Å². The molecule has 0 amide bonds. The van der Waals surface area contributed by atoms with E-state index in [1.54, 1.807) is 6.07 Å². The summed E-state index contributed by atoms with van der Waals surface area (Å²) >= 11 is 0. The van der Waals surface area contributed by atoms with E-state index in [1.165, 1.54) is 10.6 Å². The zero-order valence-electron chi connectivity index (χ0n) is 11.6. The maximum atomic E-state index is 11.4. The molecule has 0 saturated carbocycles. The van der Waals surface area contributed by atoms with Gasteiger partial charge in [0, 0.05) is 44.0 Å². The van der Waals surface area contributed by atoms with Crippen LogP contribution in [0.1, 0.15) is 11.7 Å². The Morgan fingerprint density at radius 1 is 1.25 bits per heavy atom. The number of aliphatic hydroxyl groups excluding tert-OH is 1. The van der Waals surface area contributed by atoms with Crippen molar-refractivity contribution in [1.82, 2.24) is 9.21 Å². The number of nitrogens with zero attached hydrogens (tertiary/aromatic N) is 2. The summed E-state index contributed by atoms with van der Waals surface area (Å²) in [7, 11) is -3.11. The summed E-state index contributed by atoms with van der Waals surface area (Å²) < 4.78 is 24.3. The van der Waals surface area contributed by atoms with Crippen molar-refractivity contribution in [1.29, 1.82) is 0 Å². The Balaban J connectivity index is 1.91.